The maximum Gasteiger partial charge on any atom is 0.191 e. The fourth-order valence-electron chi connectivity index (χ4n) is 2.32. The van der Waals surface area contributed by atoms with Gasteiger partial charge in [0.25, 0.3) is 0 Å². The van der Waals surface area contributed by atoms with E-state index in [0.717, 1.165) is 29.1 Å². The summed E-state index contributed by atoms with van der Waals surface area (Å²) in [4.78, 5) is 4.09. The molecule has 1 aromatic heterocycles. The Labute approximate surface area is 157 Å². The molecule has 0 aliphatic heterocycles. The molecule has 8 heteroatoms. The van der Waals surface area contributed by atoms with Crippen LogP contribution in [0, 0.1) is 25.5 Å². The van der Waals surface area contributed by atoms with Crippen LogP contribution in [-0.4, -0.2) is 22.8 Å². The Balaban J connectivity index is 0.00000288. The molecule has 0 bridgehead atoms. The lowest BCUT2D eigenvalue weighted by atomic mass is 10.2. The third-order valence-corrected chi connectivity index (χ3v) is 3.77. The van der Waals surface area contributed by atoms with Crippen molar-refractivity contribution in [2.24, 2.45) is 12.0 Å². The highest BCUT2D eigenvalue weighted by molar-refractivity contribution is 14.0. The van der Waals surface area contributed by atoms with Crippen LogP contribution < -0.4 is 10.6 Å². The number of aryl methyl sites for hydroxylation is 2. The van der Waals surface area contributed by atoms with Crippen LogP contribution in [0.2, 0.25) is 0 Å². The van der Waals surface area contributed by atoms with Crippen LogP contribution in [0.25, 0.3) is 0 Å². The minimum Gasteiger partial charge on any atom is -0.352 e. The minimum atomic E-state index is -0.465. The fraction of sp³-hybridized carbons (Fsp3) is 0.375. The zero-order valence-electron chi connectivity index (χ0n) is 14.2. The molecule has 1 heterocycles. The maximum atomic E-state index is 13.6. The molecule has 0 aliphatic rings. The lowest BCUT2D eigenvalue weighted by Gasteiger charge is -2.12. The number of aliphatic imine (C=N–C) groups is 1. The third kappa shape index (κ3) is 4.89. The number of aromatic nitrogens is 2. The summed E-state index contributed by atoms with van der Waals surface area (Å²) in [5, 5.41) is 10.5. The van der Waals surface area contributed by atoms with Gasteiger partial charge in [-0.15, -0.1) is 24.0 Å². The van der Waals surface area contributed by atoms with E-state index in [9.17, 15) is 8.78 Å². The normalized spacial score (nSPS) is 11.2. The predicted octanol–water partition coefficient (Wildman–Crippen LogP) is 2.80. The number of benzene rings is 1. The summed E-state index contributed by atoms with van der Waals surface area (Å²) < 4.78 is 28.6. The first kappa shape index (κ1) is 20.3. The van der Waals surface area contributed by atoms with E-state index in [-0.39, 0.29) is 36.1 Å². The molecule has 5 nitrogen and oxygen atoms in total. The standard InChI is InChI=1S/C16H21F2N5.HI/c1-10-14(11(2)23(4)22-10)9-21-16(19-3)20-8-12-7-13(17)5-6-15(12)18;/h5-7H,8-9H2,1-4H3,(H2,19,20,21);1H. The van der Waals surface area contributed by atoms with Crippen LogP contribution in [-0.2, 0) is 20.1 Å². The van der Waals surface area contributed by atoms with Crippen LogP contribution in [0.15, 0.2) is 23.2 Å². The van der Waals surface area contributed by atoms with Gasteiger partial charge >= 0.3 is 0 Å². The molecular weight excluding hydrogens is 427 g/mol. The molecule has 2 aromatic rings. The molecular formula is C16H22F2IN5. The highest BCUT2D eigenvalue weighted by Gasteiger charge is 2.10. The van der Waals surface area contributed by atoms with Gasteiger partial charge in [0.05, 0.1) is 5.69 Å². The summed E-state index contributed by atoms with van der Waals surface area (Å²) >= 11 is 0. The lowest BCUT2D eigenvalue weighted by molar-refractivity contribution is 0.581. The largest absolute Gasteiger partial charge is 0.352 e. The van der Waals surface area contributed by atoms with Gasteiger partial charge in [0.2, 0.25) is 0 Å². The first-order valence-electron chi connectivity index (χ1n) is 7.30. The van der Waals surface area contributed by atoms with Crippen molar-refractivity contribution in [1.82, 2.24) is 20.4 Å². The topological polar surface area (TPSA) is 54.2 Å². The van der Waals surface area contributed by atoms with E-state index in [1.165, 1.54) is 6.07 Å². The molecule has 0 spiro atoms. The Kier molecular flexibility index (Phi) is 7.59. The molecule has 0 atom stereocenters. The molecule has 2 N–H and O–H groups in total. The lowest BCUT2D eigenvalue weighted by Crippen LogP contribution is -2.36. The first-order valence-corrected chi connectivity index (χ1v) is 7.30. The molecule has 132 valence electrons. The summed E-state index contributed by atoms with van der Waals surface area (Å²) in [6.07, 6.45) is 0. The fourth-order valence-corrected chi connectivity index (χ4v) is 2.32. The van der Waals surface area contributed by atoms with Crippen molar-refractivity contribution < 1.29 is 8.78 Å². The second-order valence-electron chi connectivity index (χ2n) is 5.29. The van der Waals surface area contributed by atoms with Crippen LogP contribution in [0.3, 0.4) is 0 Å². The summed E-state index contributed by atoms with van der Waals surface area (Å²) in [6.45, 7) is 4.64. The second kappa shape index (κ2) is 8.95. The smallest absolute Gasteiger partial charge is 0.191 e. The Bertz CT molecular complexity index is 727. The van der Waals surface area contributed by atoms with Crippen molar-refractivity contribution in [2.45, 2.75) is 26.9 Å². The van der Waals surface area contributed by atoms with E-state index in [1.807, 2.05) is 25.6 Å². The average Bonchev–Trinajstić information content (AvgIpc) is 2.76. The van der Waals surface area contributed by atoms with Gasteiger partial charge in [0.1, 0.15) is 11.6 Å². The van der Waals surface area contributed by atoms with Gasteiger partial charge in [-0.1, -0.05) is 0 Å². The molecule has 1 aromatic carbocycles. The van der Waals surface area contributed by atoms with Gasteiger partial charge in [-0.2, -0.15) is 5.10 Å². The number of nitrogens with zero attached hydrogens (tertiary/aromatic N) is 3. The number of nitrogens with one attached hydrogen (secondary N) is 2. The zero-order valence-corrected chi connectivity index (χ0v) is 16.5. The van der Waals surface area contributed by atoms with Gasteiger partial charge in [-0.3, -0.25) is 9.67 Å². The molecule has 0 saturated carbocycles. The summed E-state index contributed by atoms with van der Waals surface area (Å²) in [7, 11) is 3.52. The van der Waals surface area contributed by atoms with Crippen LogP contribution in [0.5, 0.6) is 0 Å². The number of guanidine groups is 1. The molecule has 2 rings (SSSR count). The Morgan fingerprint density at radius 3 is 2.46 bits per heavy atom. The van der Waals surface area contributed by atoms with Crippen molar-refractivity contribution in [2.75, 3.05) is 7.05 Å². The van der Waals surface area contributed by atoms with E-state index < -0.39 is 11.6 Å². The maximum absolute atomic E-state index is 13.6. The highest BCUT2D eigenvalue weighted by Crippen LogP contribution is 2.11. The van der Waals surface area contributed by atoms with Crippen molar-refractivity contribution in [3.63, 3.8) is 0 Å². The number of halogens is 3. The van der Waals surface area contributed by atoms with Crippen LogP contribution in [0.4, 0.5) is 8.78 Å². The number of hydrogen-bond donors (Lipinski definition) is 2. The summed E-state index contributed by atoms with van der Waals surface area (Å²) in [5.74, 6) is -0.405. The van der Waals surface area contributed by atoms with Gasteiger partial charge < -0.3 is 10.6 Å². The van der Waals surface area contributed by atoms with E-state index in [0.29, 0.717) is 12.5 Å². The van der Waals surface area contributed by atoms with Crippen LogP contribution >= 0.6 is 24.0 Å². The van der Waals surface area contributed by atoms with Crippen molar-refractivity contribution >= 4 is 29.9 Å². The van der Waals surface area contributed by atoms with Crippen molar-refractivity contribution in [1.29, 1.82) is 0 Å². The van der Waals surface area contributed by atoms with Gasteiger partial charge in [0.15, 0.2) is 5.96 Å². The SMILES string of the molecule is CN=C(NCc1cc(F)ccc1F)NCc1c(C)nn(C)c1C.I. The molecule has 24 heavy (non-hydrogen) atoms. The van der Waals surface area contributed by atoms with E-state index in [4.69, 9.17) is 0 Å². The average molecular weight is 449 g/mol. The van der Waals surface area contributed by atoms with E-state index in [1.54, 1.807) is 7.05 Å². The van der Waals surface area contributed by atoms with Crippen molar-refractivity contribution in [3.8, 4) is 0 Å². The molecule has 0 saturated heterocycles. The van der Waals surface area contributed by atoms with Crippen LogP contribution in [0.1, 0.15) is 22.5 Å². The second-order valence-corrected chi connectivity index (χ2v) is 5.29. The van der Waals surface area contributed by atoms with Gasteiger partial charge in [-0.05, 0) is 32.0 Å². The molecule has 0 fully saturated rings. The van der Waals surface area contributed by atoms with Crippen molar-refractivity contribution in [3.05, 3.63) is 52.3 Å². The van der Waals surface area contributed by atoms with E-state index >= 15 is 0 Å². The number of rotatable bonds is 4. The Morgan fingerprint density at radius 1 is 1.21 bits per heavy atom. The van der Waals surface area contributed by atoms with Gasteiger partial charge in [0, 0.05) is 44.0 Å². The molecule has 0 unspecified atom stereocenters. The quantitative estimate of drug-likeness (QED) is 0.429. The predicted molar refractivity (Wildman–Crippen MR) is 101 cm³/mol. The summed E-state index contributed by atoms with van der Waals surface area (Å²) in [6, 6.07) is 3.38. The molecule has 0 aliphatic carbocycles. The monoisotopic (exact) mass is 449 g/mol. The number of hydrogen-bond acceptors (Lipinski definition) is 2. The Hall–Kier alpha value is -1.71. The third-order valence-electron chi connectivity index (χ3n) is 3.77. The summed E-state index contributed by atoms with van der Waals surface area (Å²) in [5.41, 5.74) is 3.36. The first-order chi connectivity index (χ1) is 10.9. The minimum absolute atomic E-state index is 0. The highest BCUT2D eigenvalue weighted by atomic mass is 127. The zero-order chi connectivity index (χ0) is 17.0. The van der Waals surface area contributed by atoms with Gasteiger partial charge in [-0.25, -0.2) is 8.78 Å². The molecule has 0 amide bonds. The van der Waals surface area contributed by atoms with E-state index in [2.05, 4.69) is 20.7 Å². The molecule has 0 radical (unpaired) electrons. The Morgan fingerprint density at radius 2 is 1.88 bits per heavy atom.